The van der Waals surface area contributed by atoms with Crippen molar-refractivity contribution in [3.8, 4) is 5.75 Å². The smallest absolute Gasteiger partial charge is 0.328 e. The summed E-state index contributed by atoms with van der Waals surface area (Å²) >= 11 is 0. The number of H-pyrrole nitrogens is 1. The van der Waals surface area contributed by atoms with Crippen molar-refractivity contribution in [3.63, 3.8) is 0 Å². The summed E-state index contributed by atoms with van der Waals surface area (Å²) in [6.45, 7) is 10.0. The maximum Gasteiger partial charge on any atom is 0.328 e. The van der Waals surface area contributed by atoms with E-state index in [-0.39, 0.29) is 37.5 Å². The number of benzene rings is 2. The van der Waals surface area contributed by atoms with E-state index < -0.39 is 95.7 Å². The first-order valence-corrected chi connectivity index (χ1v) is 20.6. The zero-order valence-electron chi connectivity index (χ0n) is 35.4. The van der Waals surface area contributed by atoms with Crippen LogP contribution in [0.25, 0.3) is 10.9 Å². The van der Waals surface area contributed by atoms with Crippen LogP contribution >= 0.6 is 0 Å². The number of nitrogens with one attached hydrogen (secondary N) is 6. The Morgan fingerprint density at radius 3 is 2.07 bits per heavy atom. The van der Waals surface area contributed by atoms with Gasteiger partial charge < -0.3 is 57.5 Å². The predicted molar refractivity (Wildman–Crippen MR) is 225 cm³/mol. The number of carbonyl (C=O) groups excluding carboxylic acids is 6. The molecule has 3 aromatic rings. The molecule has 1 aromatic heterocycles. The molecular formula is C43H60N8O10. The molecule has 8 unspecified atom stereocenters. The van der Waals surface area contributed by atoms with Gasteiger partial charge in [0.15, 0.2) is 6.04 Å². The molecular weight excluding hydrogens is 789 g/mol. The van der Waals surface area contributed by atoms with Crippen LogP contribution in [0.15, 0.2) is 54.7 Å². The fourth-order valence-electron chi connectivity index (χ4n) is 7.29. The lowest BCUT2D eigenvalue weighted by Gasteiger charge is -2.31. The second-order valence-electron chi connectivity index (χ2n) is 16.5. The molecule has 1 aliphatic heterocycles. The van der Waals surface area contributed by atoms with Gasteiger partial charge in [-0.3, -0.25) is 28.8 Å². The minimum atomic E-state index is -1.67. The minimum absolute atomic E-state index is 0.0183. The Labute approximate surface area is 354 Å². The van der Waals surface area contributed by atoms with Crippen molar-refractivity contribution in [2.75, 3.05) is 6.54 Å². The van der Waals surface area contributed by atoms with E-state index in [1.165, 1.54) is 30.9 Å². The van der Waals surface area contributed by atoms with Crippen LogP contribution in [0.4, 0.5) is 0 Å². The molecule has 6 amide bonds. The lowest BCUT2D eigenvalue weighted by Crippen LogP contribution is -2.61. The van der Waals surface area contributed by atoms with Gasteiger partial charge in [0.2, 0.25) is 35.4 Å². The van der Waals surface area contributed by atoms with Crippen molar-refractivity contribution in [2.24, 2.45) is 17.6 Å². The van der Waals surface area contributed by atoms with E-state index in [1.54, 1.807) is 38.2 Å². The number of hydrogen-bond acceptors (Lipinski definition) is 10. The molecule has 1 aliphatic rings. The zero-order valence-corrected chi connectivity index (χ0v) is 35.4. The zero-order chi connectivity index (χ0) is 45.1. The van der Waals surface area contributed by atoms with Gasteiger partial charge in [-0.15, -0.1) is 0 Å². The Morgan fingerprint density at radius 1 is 0.787 bits per heavy atom. The summed E-state index contributed by atoms with van der Waals surface area (Å²) in [5.74, 6) is -5.86. The number of aliphatic hydroxyl groups excluding tert-OH is 1. The summed E-state index contributed by atoms with van der Waals surface area (Å²) < 4.78 is 0. The molecule has 0 spiro atoms. The molecule has 8 atom stereocenters. The van der Waals surface area contributed by atoms with E-state index in [9.17, 15) is 48.9 Å². The third-order valence-electron chi connectivity index (χ3n) is 10.7. The molecule has 0 bridgehead atoms. The van der Waals surface area contributed by atoms with Crippen molar-refractivity contribution in [1.82, 2.24) is 36.5 Å². The second kappa shape index (κ2) is 21.5. The van der Waals surface area contributed by atoms with E-state index in [1.807, 2.05) is 32.0 Å². The number of carboxylic acid groups (broad SMARTS) is 1. The predicted octanol–water partition coefficient (Wildman–Crippen LogP) is 0.588. The molecule has 1 saturated heterocycles. The molecule has 2 aromatic carbocycles. The normalized spacial score (nSPS) is 17.4. The Kier molecular flexibility index (Phi) is 16.8. The van der Waals surface area contributed by atoms with E-state index in [4.69, 9.17) is 5.73 Å². The maximum atomic E-state index is 14.5. The van der Waals surface area contributed by atoms with Gasteiger partial charge in [-0.1, -0.05) is 58.0 Å². The molecule has 4 rings (SSSR count). The number of phenols is 1. The SMILES string of the molecule is CC(C)CC(N)C(=O)NC(C)C(=O)NC(C(=O)NC(Cc1ccc(O)cc1)C(=O)N1CCCC1C(=O)NC(Cc1c[nH]c2ccccc12)C(=O)NC(C(=O)O)C(C)O)C(C)C. The number of carboxylic acids is 1. The quantitative estimate of drug-likeness (QED) is 0.0751. The van der Waals surface area contributed by atoms with Crippen LogP contribution in [0.5, 0.6) is 5.75 Å². The maximum absolute atomic E-state index is 14.5. The van der Waals surface area contributed by atoms with E-state index in [0.717, 1.165) is 10.9 Å². The average molecular weight is 849 g/mol. The molecule has 61 heavy (non-hydrogen) atoms. The number of hydrogen-bond donors (Lipinski definition) is 10. The summed E-state index contributed by atoms with van der Waals surface area (Å²) in [6.07, 6.45) is 1.11. The number of aromatic hydroxyl groups is 1. The second-order valence-corrected chi connectivity index (χ2v) is 16.5. The number of fused-ring (bicyclic) bond motifs is 1. The van der Waals surface area contributed by atoms with Gasteiger partial charge in [0.1, 0.15) is 36.0 Å². The number of aliphatic carboxylic acids is 1. The number of phenolic OH excluding ortho intramolecular Hbond substituents is 1. The number of nitrogens with two attached hydrogens (primary N) is 1. The van der Waals surface area contributed by atoms with Crippen LogP contribution in [0, 0.1) is 11.8 Å². The van der Waals surface area contributed by atoms with Gasteiger partial charge in [0.25, 0.3) is 0 Å². The molecule has 0 radical (unpaired) electrons. The number of aromatic nitrogens is 1. The first-order chi connectivity index (χ1) is 28.8. The van der Waals surface area contributed by atoms with E-state index in [0.29, 0.717) is 24.0 Å². The summed E-state index contributed by atoms with van der Waals surface area (Å²) in [7, 11) is 0. The minimum Gasteiger partial charge on any atom is -0.508 e. The van der Waals surface area contributed by atoms with Crippen LogP contribution in [-0.4, -0.2) is 122 Å². The highest BCUT2D eigenvalue weighted by Crippen LogP contribution is 2.23. The van der Waals surface area contributed by atoms with Crippen LogP contribution in [-0.2, 0) is 46.4 Å². The Bertz CT molecular complexity index is 2030. The molecule has 1 fully saturated rings. The highest BCUT2D eigenvalue weighted by molar-refractivity contribution is 5.98. The summed E-state index contributed by atoms with van der Waals surface area (Å²) in [6, 6.07) is 4.93. The molecule has 0 aliphatic carbocycles. The molecule has 0 saturated carbocycles. The summed E-state index contributed by atoms with van der Waals surface area (Å²) in [5, 5.41) is 43.5. The first-order valence-electron chi connectivity index (χ1n) is 20.6. The van der Waals surface area contributed by atoms with Gasteiger partial charge >= 0.3 is 5.97 Å². The largest absolute Gasteiger partial charge is 0.508 e. The van der Waals surface area contributed by atoms with Crippen molar-refractivity contribution >= 4 is 52.3 Å². The summed E-state index contributed by atoms with van der Waals surface area (Å²) in [4.78, 5) is 98.6. The highest BCUT2D eigenvalue weighted by Gasteiger charge is 2.40. The number of aliphatic hydroxyl groups is 1. The molecule has 332 valence electrons. The number of amides is 6. The van der Waals surface area contributed by atoms with Gasteiger partial charge in [-0.05, 0) is 74.3 Å². The van der Waals surface area contributed by atoms with E-state index in [2.05, 4.69) is 31.6 Å². The molecule has 11 N–H and O–H groups in total. The average Bonchev–Trinajstić information content (AvgIpc) is 3.86. The number of para-hydroxylation sites is 1. The van der Waals surface area contributed by atoms with Crippen molar-refractivity contribution in [3.05, 3.63) is 65.9 Å². The number of nitrogens with zero attached hydrogens (tertiary/aromatic N) is 1. The van der Waals surface area contributed by atoms with E-state index >= 15 is 0 Å². The number of rotatable bonds is 20. The fraction of sp³-hybridized carbons (Fsp3) is 0.512. The summed E-state index contributed by atoms with van der Waals surface area (Å²) in [5.41, 5.74) is 7.97. The van der Waals surface area contributed by atoms with Crippen LogP contribution in [0.2, 0.25) is 0 Å². The molecule has 18 nitrogen and oxygen atoms in total. The van der Waals surface area contributed by atoms with Crippen LogP contribution in [0.3, 0.4) is 0 Å². The van der Waals surface area contributed by atoms with Gasteiger partial charge in [-0.2, -0.15) is 0 Å². The van der Waals surface area contributed by atoms with Crippen LogP contribution in [0.1, 0.15) is 71.9 Å². The topological polar surface area (TPSA) is 285 Å². The standard InChI is InChI=1S/C43H60N8O10/c1-22(2)18-30(44)38(55)46-24(5)37(54)49-35(23(3)4)41(58)48-33(19-26-13-15-28(53)16-14-26)42(59)51-17-9-12-34(51)40(57)47-32(39(56)50-36(25(6)52)43(60)61)20-27-21-45-31-11-8-7-10-29(27)31/h7-8,10-11,13-16,21-25,30,32-36,45,52-53H,9,12,17-20,44H2,1-6H3,(H,46,55)(H,47,57)(H,48,58)(H,49,54)(H,50,56)(H,60,61). The number of likely N-dealkylation sites (tertiary alicyclic amines) is 1. The number of aromatic amines is 1. The lowest BCUT2D eigenvalue weighted by atomic mass is 9.99. The third kappa shape index (κ3) is 13.0. The van der Waals surface area contributed by atoms with Gasteiger partial charge in [0.05, 0.1) is 12.1 Å². The Balaban J connectivity index is 1.57. The molecule has 2 heterocycles. The Morgan fingerprint density at radius 2 is 1.44 bits per heavy atom. The fourth-order valence-corrected chi connectivity index (χ4v) is 7.29. The van der Waals surface area contributed by atoms with Crippen molar-refractivity contribution in [2.45, 2.75) is 122 Å². The highest BCUT2D eigenvalue weighted by atomic mass is 16.4. The van der Waals surface area contributed by atoms with Gasteiger partial charge in [-0.25, -0.2) is 4.79 Å². The van der Waals surface area contributed by atoms with Crippen molar-refractivity contribution in [1.29, 1.82) is 0 Å². The van der Waals surface area contributed by atoms with Crippen LogP contribution < -0.4 is 32.3 Å². The van der Waals surface area contributed by atoms with Gasteiger partial charge in [0, 0.05) is 36.5 Å². The van der Waals surface area contributed by atoms with Crippen molar-refractivity contribution < 1.29 is 48.9 Å². The third-order valence-corrected chi connectivity index (χ3v) is 10.7. The monoisotopic (exact) mass is 848 g/mol. The number of carbonyl (C=O) groups is 7. The first kappa shape index (κ1) is 47.7. The lowest BCUT2D eigenvalue weighted by molar-refractivity contribution is -0.145. The molecule has 18 heteroatoms. The Hall–Kier alpha value is -6.01.